The lowest BCUT2D eigenvalue weighted by Gasteiger charge is -2.05. The Morgan fingerprint density at radius 2 is 2.19 bits per heavy atom. The summed E-state index contributed by atoms with van der Waals surface area (Å²) in [5.74, 6) is 1.35. The molecule has 2 aromatic rings. The quantitative estimate of drug-likeness (QED) is 0.915. The Morgan fingerprint density at radius 1 is 1.38 bits per heavy atom. The summed E-state index contributed by atoms with van der Waals surface area (Å²) in [4.78, 5) is 12.6. The summed E-state index contributed by atoms with van der Waals surface area (Å²) in [5, 5.41) is 6.75. The molecule has 0 aromatic carbocycles. The van der Waals surface area contributed by atoms with Crippen molar-refractivity contribution in [2.75, 3.05) is 5.32 Å². The normalized spacial score (nSPS) is 10.4. The van der Waals surface area contributed by atoms with E-state index in [1.807, 2.05) is 19.2 Å². The first-order valence-electron chi connectivity index (χ1n) is 4.79. The standard InChI is InChI=1S/C10H11ClN4S/c1-6-12-4-9(11)10(14-6)13-3-8-5-16-7(2)15-8/h4-5H,3H2,1-2H3,(H,12,13,14). The second-order valence-electron chi connectivity index (χ2n) is 3.33. The van der Waals surface area contributed by atoms with Crippen molar-refractivity contribution in [1.82, 2.24) is 15.0 Å². The summed E-state index contributed by atoms with van der Waals surface area (Å²) in [6.45, 7) is 4.44. The Hall–Kier alpha value is -1.20. The van der Waals surface area contributed by atoms with Crippen LogP contribution in [0.15, 0.2) is 11.6 Å². The minimum absolute atomic E-state index is 0.526. The van der Waals surface area contributed by atoms with E-state index in [2.05, 4.69) is 20.3 Å². The van der Waals surface area contributed by atoms with Crippen LogP contribution in [0.3, 0.4) is 0 Å². The molecule has 0 saturated heterocycles. The highest BCUT2D eigenvalue weighted by atomic mass is 35.5. The third-order valence-electron chi connectivity index (χ3n) is 1.97. The molecule has 2 aromatic heterocycles. The van der Waals surface area contributed by atoms with Crippen molar-refractivity contribution < 1.29 is 0 Å². The van der Waals surface area contributed by atoms with Crippen molar-refractivity contribution in [2.45, 2.75) is 20.4 Å². The number of hydrogen-bond acceptors (Lipinski definition) is 5. The average Bonchev–Trinajstić information content (AvgIpc) is 2.66. The molecule has 2 heterocycles. The van der Waals surface area contributed by atoms with Crippen LogP contribution in [0.4, 0.5) is 5.82 Å². The van der Waals surface area contributed by atoms with Gasteiger partial charge in [0.1, 0.15) is 16.7 Å². The number of halogens is 1. The summed E-state index contributed by atoms with van der Waals surface area (Å²) < 4.78 is 0. The molecule has 1 N–H and O–H groups in total. The van der Waals surface area contributed by atoms with Gasteiger partial charge in [0.25, 0.3) is 0 Å². The number of aromatic nitrogens is 3. The van der Waals surface area contributed by atoms with E-state index >= 15 is 0 Å². The number of nitrogens with one attached hydrogen (secondary N) is 1. The van der Waals surface area contributed by atoms with E-state index in [0.29, 0.717) is 23.2 Å². The maximum absolute atomic E-state index is 5.96. The van der Waals surface area contributed by atoms with Gasteiger partial charge in [0.15, 0.2) is 0 Å². The Bertz CT molecular complexity index is 497. The van der Waals surface area contributed by atoms with E-state index in [-0.39, 0.29) is 0 Å². The largest absolute Gasteiger partial charge is 0.363 e. The van der Waals surface area contributed by atoms with Gasteiger partial charge >= 0.3 is 0 Å². The molecule has 84 valence electrons. The fourth-order valence-electron chi connectivity index (χ4n) is 1.24. The van der Waals surface area contributed by atoms with Gasteiger partial charge in [0.05, 0.1) is 23.4 Å². The molecule has 2 rings (SSSR count). The van der Waals surface area contributed by atoms with Crippen LogP contribution in [-0.2, 0) is 6.54 Å². The first-order chi connectivity index (χ1) is 7.65. The summed E-state index contributed by atoms with van der Waals surface area (Å²) in [6.07, 6.45) is 1.60. The van der Waals surface area contributed by atoms with Crippen molar-refractivity contribution >= 4 is 28.8 Å². The summed E-state index contributed by atoms with van der Waals surface area (Å²) in [5.41, 5.74) is 0.995. The molecule has 0 radical (unpaired) electrons. The van der Waals surface area contributed by atoms with Gasteiger partial charge in [-0.05, 0) is 13.8 Å². The number of nitrogens with zero attached hydrogens (tertiary/aromatic N) is 3. The van der Waals surface area contributed by atoms with Crippen LogP contribution in [0.1, 0.15) is 16.5 Å². The van der Waals surface area contributed by atoms with Crippen molar-refractivity contribution in [3.05, 3.63) is 33.1 Å². The lowest BCUT2D eigenvalue weighted by molar-refractivity contribution is 0.999. The van der Waals surface area contributed by atoms with Gasteiger partial charge in [-0.25, -0.2) is 15.0 Å². The molecule has 0 saturated carbocycles. The van der Waals surface area contributed by atoms with Crippen LogP contribution in [-0.4, -0.2) is 15.0 Å². The molecule has 0 spiro atoms. The van der Waals surface area contributed by atoms with Gasteiger partial charge < -0.3 is 5.32 Å². The molecule has 4 nitrogen and oxygen atoms in total. The smallest absolute Gasteiger partial charge is 0.148 e. The molecule has 0 atom stereocenters. The van der Waals surface area contributed by atoms with Crippen LogP contribution in [0.5, 0.6) is 0 Å². The van der Waals surface area contributed by atoms with E-state index in [4.69, 9.17) is 11.6 Å². The minimum atomic E-state index is 0.526. The van der Waals surface area contributed by atoms with Crippen LogP contribution in [0, 0.1) is 13.8 Å². The first kappa shape index (κ1) is 11.3. The van der Waals surface area contributed by atoms with Gasteiger partial charge in [-0.2, -0.15) is 0 Å². The van der Waals surface area contributed by atoms with E-state index < -0.39 is 0 Å². The summed E-state index contributed by atoms with van der Waals surface area (Å²) >= 11 is 7.59. The van der Waals surface area contributed by atoms with Gasteiger partial charge in [-0.3, -0.25) is 0 Å². The fraction of sp³-hybridized carbons (Fsp3) is 0.300. The highest BCUT2D eigenvalue weighted by molar-refractivity contribution is 7.09. The van der Waals surface area contributed by atoms with Crippen LogP contribution in [0.2, 0.25) is 5.02 Å². The lowest BCUT2D eigenvalue weighted by Crippen LogP contribution is -2.04. The van der Waals surface area contributed by atoms with E-state index in [0.717, 1.165) is 10.7 Å². The second kappa shape index (κ2) is 4.76. The number of thiazole rings is 1. The molecular weight excluding hydrogens is 244 g/mol. The molecule has 6 heteroatoms. The molecule has 0 aliphatic heterocycles. The summed E-state index contributed by atoms with van der Waals surface area (Å²) in [6, 6.07) is 0. The van der Waals surface area contributed by atoms with Crippen molar-refractivity contribution in [3.63, 3.8) is 0 Å². The molecule has 0 unspecified atom stereocenters. The molecule has 0 aliphatic carbocycles. The van der Waals surface area contributed by atoms with E-state index in [1.54, 1.807) is 17.5 Å². The third-order valence-corrected chi connectivity index (χ3v) is 3.07. The number of rotatable bonds is 3. The van der Waals surface area contributed by atoms with Crippen molar-refractivity contribution in [3.8, 4) is 0 Å². The second-order valence-corrected chi connectivity index (χ2v) is 4.79. The van der Waals surface area contributed by atoms with E-state index in [9.17, 15) is 0 Å². The van der Waals surface area contributed by atoms with Crippen LogP contribution in [0.25, 0.3) is 0 Å². The predicted molar refractivity (Wildman–Crippen MR) is 66.0 cm³/mol. The maximum Gasteiger partial charge on any atom is 0.148 e. The van der Waals surface area contributed by atoms with Crippen molar-refractivity contribution in [1.29, 1.82) is 0 Å². The third kappa shape index (κ3) is 2.68. The maximum atomic E-state index is 5.96. The molecule has 0 aliphatic rings. The molecular formula is C10H11ClN4S. The van der Waals surface area contributed by atoms with Gasteiger partial charge in [0, 0.05) is 5.38 Å². The monoisotopic (exact) mass is 254 g/mol. The number of hydrogen-bond donors (Lipinski definition) is 1. The SMILES string of the molecule is Cc1ncc(Cl)c(NCc2csc(C)n2)n1. The number of aryl methyl sites for hydroxylation is 2. The zero-order valence-electron chi connectivity index (χ0n) is 8.99. The molecule has 16 heavy (non-hydrogen) atoms. The molecule has 0 amide bonds. The highest BCUT2D eigenvalue weighted by Crippen LogP contribution is 2.18. The van der Waals surface area contributed by atoms with Crippen LogP contribution >= 0.6 is 22.9 Å². The molecule has 0 fully saturated rings. The zero-order chi connectivity index (χ0) is 11.5. The fourth-order valence-corrected chi connectivity index (χ4v) is 2.01. The average molecular weight is 255 g/mol. The van der Waals surface area contributed by atoms with Crippen LogP contribution < -0.4 is 5.32 Å². The topological polar surface area (TPSA) is 50.7 Å². The first-order valence-corrected chi connectivity index (χ1v) is 6.05. The Kier molecular flexibility index (Phi) is 3.36. The Balaban J connectivity index is 2.07. The van der Waals surface area contributed by atoms with Crippen molar-refractivity contribution in [2.24, 2.45) is 0 Å². The van der Waals surface area contributed by atoms with E-state index in [1.165, 1.54) is 0 Å². The predicted octanol–water partition coefficient (Wildman–Crippen LogP) is 2.82. The highest BCUT2D eigenvalue weighted by Gasteiger charge is 2.04. The minimum Gasteiger partial charge on any atom is -0.363 e. The Morgan fingerprint density at radius 3 is 2.88 bits per heavy atom. The zero-order valence-corrected chi connectivity index (χ0v) is 10.6. The lowest BCUT2D eigenvalue weighted by atomic mass is 10.4. The Labute approximate surface area is 103 Å². The number of anilines is 1. The van der Waals surface area contributed by atoms with Gasteiger partial charge in [0.2, 0.25) is 0 Å². The van der Waals surface area contributed by atoms with Gasteiger partial charge in [-0.15, -0.1) is 11.3 Å². The molecule has 0 bridgehead atoms. The van der Waals surface area contributed by atoms with Gasteiger partial charge in [-0.1, -0.05) is 11.6 Å². The summed E-state index contributed by atoms with van der Waals surface area (Å²) in [7, 11) is 0.